The van der Waals surface area contributed by atoms with Gasteiger partial charge in [0.05, 0.1) is 12.0 Å². The van der Waals surface area contributed by atoms with Crippen LogP contribution in [0.3, 0.4) is 0 Å². The van der Waals surface area contributed by atoms with E-state index in [1.165, 1.54) is 19.1 Å². The van der Waals surface area contributed by atoms with E-state index in [0.717, 1.165) is 5.56 Å². The van der Waals surface area contributed by atoms with Gasteiger partial charge in [0.15, 0.2) is 0 Å². The number of nitriles is 1. The van der Waals surface area contributed by atoms with E-state index >= 15 is 0 Å². The van der Waals surface area contributed by atoms with Crippen LogP contribution in [0.15, 0.2) is 24.3 Å². The van der Waals surface area contributed by atoms with E-state index in [1.54, 1.807) is 12.1 Å². The third kappa shape index (κ3) is 2.57. The molecule has 0 amide bonds. The SMILES string of the molecule is CCC(C#N)c1ccc(C(F)(F)CC)cc1. The second-order valence-corrected chi connectivity index (χ2v) is 3.77. The summed E-state index contributed by atoms with van der Waals surface area (Å²) < 4.78 is 26.6. The van der Waals surface area contributed by atoms with E-state index in [-0.39, 0.29) is 17.9 Å². The maximum atomic E-state index is 13.3. The third-order valence-electron chi connectivity index (χ3n) is 2.74. The van der Waals surface area contributed by atoms with Crippen LogP contribution in [0.1, 0.15) is 43.7 Å². The topological polar surface area (TPSA) is 23.8 Å². The quantitative estimate of drug-likeness (QED) is 0.750. The smallest absolute Gasteiger partial charge is 0.201 e. The Kier molecular flexibility index (Phi) is 4.00. The highest BCUT2D eigenvalue weighted by atomic mass is 19.3. The molecule has 0 aliphatic heterocycles. The number of halogens is 2. The molecular weight excluding hydrogens is 208 g/mol. The van der Waals surface area contributed by atoms with Gasteiger partial charge in [-0.2, -0.15) is 5.26 Å². The molecule has 0 aliphatic carbocycles. The summed E-state index contributed by atoms with van der Waals surface area (Å²) in [6.45, 7) is 3.36. The van der Waals surface area contributed by atoms with Crippen molar-refractivity contribution in [2.24, 2.45) is 0 Å². The molecule has 86 valence electrons. The second kappa shape index (κ2) is 5.07. The van der Waals surface area contributed by atoms with Crippen LogP contribution in [0, 0.1) is 11.3 Å². The normalized spacial score (nSPS) is 13.2. The largest absolute Gasteiger partial charge is 0.273 e. The van der Waals surface area contributed by atoms with Crippen molar-refractivity contribution in [3.8, 4) is 6.07 Å². The van der Waals surface area contributed by atoms with Gasteiger partial charge in [0.2, 0.25) is 0 Å². The molecular formula is C13H15F2N. The Morgan fingerprint density at radius 2 is 1.81 bits per heavy atom. The van der Waals surface area contributed by atoms with E-state index in [2.05, 4.69) is 6.07 Å². The van der Waals surface area contributed by atoms with Crippen LogP contribution in [-0.2, 0) is 5.92 Å². The molecule has 0 saturated heterocycles. The van der Waals surface area contributed by atoms with Crippen LogP contribution in [0.4, 0.5) is 8.78 Å². The fourth-order valence-corrected chi connectivity index (χ4v) is 1.56. The summed E-state index contributed by atoms with van der Waals surface area (Å²) in [5.41, 5.74) is 0.826. The van der Waals surface area contributed by atoms with Crippen molar-refractivity contribution in [3.05, 3.63) is 35.4 Å². The van der Waals surface area contributed by atoms with E-state index in [4.69, 9.17) is 5.26 Å². The first-order valence-corrected chi connectivity index (χ1v) is 5.43. The molecule has 0 heterocycles. The Morgan fingerprint density at radius 1 is 1.25 bits per heavy atom. The van der Waals surface area contributed by atoms with Crippen molar-refractivity contribution in [3.63, 3.8) is 0 Å². The van der Waals surface area contributed by atoms with Gasteiger partial charge >= 0.3 is 0 Å². The van der Waals surface area contributed by atoms with Gasteiger partial charge in [-0.1, -0.05) is 38.1 Å². The van der Waals surface area contributed by atoms with Gasteiger partial charge < -0.3 is 0 Å². The van der Waals surface area contributed by atoms with Crippen LogP contribution >= 0.6 is 0 Å². The lowest BCUT2D eigenvalue weighted by Crippen LogP contribution is -2.11. The van der Waals surface area contributed by atoms with Crippen LogP contribution in [0.2, 0.25) is 0 Å². The van der Waals surface area contributed by atoms with Gasteiger partial charge in [0.1, 0.15) is 0 Å². The molecule has 1 unspecified atom stereocenters. The molecule has 0 aromatic heterocycles. The molecule has 3 heteroatoms. The highest BCUT2D eigenvalue weighted by molar-refractivity contribution is 5.30. The Labute approximate surface area is 94.7 Å². The van der Waals surface area contributed by atoms with Crippen LogP contribution in [0.5, 0.6) is 0 Å². The summed E-state index contributed by atoms with van der Waals surface area (Å²) in [4.78, 5) is 0. The molecule has 0 aliphatic rings. The van der Waals surface area contributed by atoms with E-state index in [1.807, 2.05) is 6.92 Å². The van der Waals surface area contributed by atoms with E-state index < -0.39 is 5.92 Å². The average Bonchev–Trinajstić information content (AvgIpc) is 2.31. The standard InChI is InChI=1S/C13H15F2N/c1-3-10(9-16)11-5-7-12(8-6-11)13(14,15)4-2/h5-8,10H,3-4H2,1-2H3. The molecule has 0 radical (unpaired) electrons. The molecule has 0 bridgehead atoms. The third-order valence-corrected chi connectivity index (χ3v) is 2.74. The van der Waals surface area contributed by atoms with Crippen molar-refractivity contribution in [1.29, 1.82) is 5.26 Å². The first-order valence-electron chi connectivity index (χ1n) is 5.43. The van der Waals surface area contributed by atoms with Gasteiger partial charge in [0, 0.05) is 12.0 Å². The molecule has 1 atom stereocenters. The Balaban J connectivity index is 2.96. The van der Waals surface area contributed by atoms with Gasteiger partial charge in [-0.25, -0.2) is 8.78 Å². The number of alkyl halides is 2. The lowest BCUT2D eigenvalue weighted by molar-refractivity contribution is -0.00829. The summed E-state index contributed by atoms with van der Waals surface area (Å²) in [7, 11) is 0. The molecule has 0 N–H and O–H groups in total. The first kappa shape index (κ1) is 12.6. The van der Waals surface area contributed by atoms with Crippen LogP contribution in [-0.4, -0.2) is 0 Å². The van der Waals surface area contributed by atoms with E-state index in [9.17, 15) is 8.78 Å². The minimum absolute atomic E-state index is 0.0199. The number of hydrogen-bond acceptors (Lipinski definition) is 1. The fourth-order valence-electron chi connectivity index (χ4n) is 1.56. The Hall–Kier alpha value is -1.43. The van der Waals surface area contributed by atoms with Crippen LogP contribution in [0.25, 0.3) is 0 Å². The molecule has 16 heavy (non-hydrogen) atoms. The van der Waals surface area contributed by atoms with Crippen molar-refractivity contribution < 1.29 is 8.78 Å². The number of benzene rings is 1. The Morgan fingerprint density at radius 3 is 2.19 bits per heavy atom. The molecule has 1 aromatic carbocycles. The molecule has 1 aromatic rings. The molecule has 0 saturated carbocycles. The number of rotatable bonds is 4. The number of hydrogen-bond donors (Lipinski definition) is 0. The van der Waals surface area contributed by atoms with Gasteiger partial charge in [0.25, 0.3) is 5.92 Å². The van der Waals surface area contributed by atoms with Crippen LogP contribution < -0.4 is 0 Å². The zero-order chi connectivity index (χ0) is 12.2. The minimum Gasteiger partial charge on any atom is -0.201 e. The predicted molar refractivity (Wildman–Crippen MR) is 59.3 cm³/mol. The summed E-state index contributed by atoms with van der Waals surface area (Å²) in [6, 6.07) is 8.23. The second-order valence-electron chi connectivity index (χ2n) is 3.77. The molecule has 0 spiro atoms. The van der Waals surface area contributed by atoms with Crippen molar-refractivity contribution in [2.75, 3.05) is 0 Å². The highest BCUT2D eigenvalue weighted by Gasteiger charge is 2.28. The minimum atomic E-state index is -2.77. The summed E-state index contributed by atoms with van der Waals surface area (Å²) in [5.74, 6) is -2.98. The zero-order valence-corrected chi connectivity index (χ0v) is 9.50. The fraction of sp³-hybridized carbons (Fsp3) is 0.462. The lowest BCUT2D eigenvalue weighted by Gasteiger charge is -2.15. The summed E-state index contributed by atoms with van der Waals surface area (Å²) in [6.07, 6.45) is 0.488. The molecule has 1 rings (SSSR count). The maximum Gasteiger partial charge on any atom is 0.273 e. The van der Waals surface area contributed by atoms with Gasteiger partial charge in [-0.15, -0.1) is 0 Å². The summed E-state index contributed by atoms with van der Waals surface area (Å²) in [5, 5.41) is 8.86. The van der Waals surface area contributed by atoms with Crippen molar-refractivity contribution in [1.82, 2.24) is 0 Å². The summed E-state index contributed by atoms with van der Waals surface area (Å²) >= 11 is 0. The zero-order valence-electron chi connectivity index (χ0n) is 9.50. The average molecular weight is 223 g/mol. The first-order chi connectivity index (χ1) is 7.55. The lowest BCUT2D eigenvalue weighted by atomic mass is 9.95. The van der Waals surface area contributed by atoms with Gasteiger partial charge in [-0.3, -0.25) is 0 Å². The highest BCUT2D eigenvalue weighted by Crippen LogP contribution is 2.32. The number of nitrogens with zero attached hydrogens (tertiary/aromatic N) is 1. The molecule has 1 nitrogen and oxygen atoms in total. The van der Waals surface area contributed by atoms with Crippen molar-refractivity contribution in [2.45, 2.75) is 38.5 Å². The van der Waals surface area contributed by atoms with E-state index in [0.29, 0.717) is 6.42 Å². The molecule has 0 fully saturated rings. The maximum absolute atomic E-state index is 13.3. The predicted octanol–water partition coefficient (Wildman–Crippen LogP) is 4.21. The Bertz CT molecular complexity index is 376. The van der Waals surface area contributed by atoms with Gasteiger partial charge in [-0.05, 0) is 12.0 Å². The van der Waals surface area contributed by atoms with Crippen molar-refractivity contribution >= 4 is 0 Å². The monoisotopic (exact) mass is 223 g/mol.